The zero-order valence-corrected chi connectivity index (χ0v) is 20.8. The highest BCUT2D eigenvalue weighted by molar-refractivity contribution is 6.11. The van der Waals surface area contributed by atoms with Crippen molar-refractivity contribution >= 4 is 23.4 Å². The number of hydrogen-bond donors (Lipinski definition) is 0. The number of ether oxygens (including phenoxy) is 2. The summed E-state index contributed by atoms with van der Waals surface area (Å²) in [6, 6.07) is 20.9. The highest BCUT2D eigenvalue weighted by Crippen LogP contribution is 2.40. The Balaban J connectivity index is 1.72. The fraction of sp³-hybridized carbons (Fsp3) is 0.310. The quantitative estimate of drug-likeness (QED) is 0.423. The van der Waals surface area contributed by atoms with Gasteiger partial charge in [0.2, 0.25) is 0 Å². The van der Waals surface area contributed by atoms with Gasteiger partial charge in [-0.3, -0.25) is 9.69 Å². The van der Waals surface area contributed by atoms with Gasteiger partial charge in [0.05, 0.1) is 24.0 Å². The third-order valence-corrected chi connectivity index (χ3v) is 6.47. The number of anilines is 2. The SMILES string of the molecule is CCOC(=O)N1c2cc(C)c(C)cc2N(C(=O)c2ccccc2COc2ccccc2)CC1CC. The molecule has 0 bridgehead atoms. The number of para-hydroxylation sites is 1. The van der Waals surface area contributed by atoms with Gasteiger partial charge in [0, 0.05) is 17.7 Å². The maximum atomic E-state index is 14.0. The monoisotopic (exact) mass is 472 g/mol. The predicted molar refractivity (Wildman–Crippen MR) is 138 cm³/mol. The molecule has 0 radical (unpaired) electrons. The zero-order chi connectivity index (χ0) is 24.9. The van der Waals surface area contributed by atoms with Crippen LogP contribution >= 0.6 is 0 Å². The maximum absolute atomic E-state index is 14.0. The lowest BCUT2D eigenvalue weighted by Crippen LogP contribution is -2.53. The highest BCUT2D eigenvalue weighted by atomic mass is 16.6. The van der Waals surface area contributed by atoms with E-state index in [2.05, 4.69) is 0 Å². The van der Waals surface area contributed by atoms with E-state index in [9.17, 15) is 9.59 Å². The van der Waals surface area contributed by atoms with Crippen molar-refractivity contribution in [3.8, 4) is 5.75 Å². The maximum Gasteiger partial charge on any atom is 0.414 e. The number of nitrogens with zero attached hydrogens (tertiary/aromatic N) is 2. The highest BCUT2D eigenvalue weighted by Gasteiger charge is 2.38. The first-order valence-corrected chi connectivity index (χ1v) is 12.1. The molecule has 2 amide bonds. The van der Waals surface area contributed by atoms with Gasteiger partial charge in [-0.1, -0.05) is 43.3 Å². The molecule has 3 aromatic carbocycles. The summed E-state index contributed by atoms with van der Waals surface area (Å²) in [7, 11) is 0. The zero-order valence-electron chi connectivity index (χ0n) is 20.8. The molecule has 6 nitrogen and oxygen atoms in total. The Morgan fingerprint density at radius 1 is 0.914 bits per heavy atom. The molecular formula is C29H32N2O4. The van der Waals surface area contributed by atoms with E-state index in [0.29, 0.717) is 30.8 Å². The molecule has 4 rings (SSSR count). The first-order chi connectivity index (χ1) is 16.9. The van der Waals surface area contributed by atoms with Crippen molar-refractivity contribution in [1.29, 1.82) is 0 Å². The van der Waals surface area contributed by atoms with Gasteiger partial charge in [0.25, 0.3) is 5.91 Å². The largest absolute Gasteiger partial charge is 0.489 e. The third kappa shape index (κ3) is 5.02. The van der Waals surface area contributed by atoms with Gasteiger partial charge < -0.3 is 14.4 Å². The summed E-state index contributed by atoms with van der Waals surface area (Å²) in [5.41, 5.74) is 4.94. The van der Waals surface area contributed by atoms with Gasteiger partial charge in [-0.2, -0.15) is 0 Å². The van der Waals surface area contributed by atoms with Gasteiger partial charge in [0.1, 0.15) is 12.4 Å². The Labute approximate surface area is 207 Å². The number of hydrogen-bond acceptors (Lipinski definition) is 4. The van der Waals surface area contributed by atoms with Crippen LogP contribution in [0.15, 0.2) is 66.7 Å². The summed E-state index contributed by atoms with van der Waals surface area (Å²) in [4.78, 5) is 30.4. The van der Waals surface area contributed by atoms with Crippen LogP contribution in [0.3, 0.4) is 0 Å². The molecule has 1 aliphatic heterocycles. The molecule has 0 aromatic heterocycles. The van der Waals surface area contributed by atoms with Crippen molar-refractivity contribution in [3.63, 3.8) is 0 Å². The molecule has 6 heteroatoms. The summed E-state index contributed by atoms with van der Waals surface area (Å²) in [6.45, 7) is 8.81. The second-order valence-electron chi connectivity index (χ2n) is 8.73. The van der Waals surface area contributed by atoms with E-state index in [0.717, 1.165) is 28.1 Å². The van der Waals surface area contributed by atoms with Crippen LogP contribution in [0.1, 0.15) is 47.3 Å². The van der Waals surface area contributed by atoms with Crippen molar-refractivity contribution in [2.24, 2.45) is 0 Å². The number of amides is 2. The van der Waals surface area contributed by atoms with Crippen LogP contribution in [0, 0.1) is 13.8 Å². The molecule has 1 atom stereocenters. The number of benzene rings is 3. The van der Waals surface area contributed by atoms with Crippen LogP contribution in [0.25, 0.3) is 0 Å². The van der Waals surface area contributed by atoms with Gasteiger partial charge in [-0.25, -0.2) is 4.79 Å². The lowest BCUT2D eigenvalue weighted by Gasteiger charge is -2.42. The number of carbonyl (C=O) groups excluding carboxylic acids is 2. The van der Waals surface area contributed by atoms with Crippen molar-refractivity contribution in [3.05, 3.63) is 89.0 Å². The minimum absolute atomic E-state index is 0.108. The second kappa shape index (κ2) is 10.6. The molecule has 0 fully saturated rings. The van der Waals surface area contributed by atoms with Crippen LogP contribution in [0.2, 0.25) is 0 Å². The molecule has 0 aliphatic carbocycles. The Morgan fingerprint density at radius 3 is 2.26 bits per heavy atom. The fourth-order valence-corrected chi connectivity index (χ4v) is 4.40. The van der Waals surface area contributed by atoms with Crippen LogP contribution in [-0.4, -0.2) is 31.2 Å². The van der Waals surface area contributed by atoms with E-state index in [1.165, 1.54) is 0 Å². The third-order valence-electron chi connectivity index (χ3n) is 6.47. The number of aryl methyl sites for hydroxylation is 2. The van der Waals surface area contributed by atoms with E-state index in [-0.39, 0.29) is 24.6 Å². The van der Waals surface area contributed by atoms with E-state index in [1.54, 1.807) is 16.7 Å². The summed E-state index contributed by atoms with van der Waals surface area (Å²) in [6.07, 6.45) is 0.306. The van der Waals surface area contributed by atoms with E-state index in [1.807, 2.05) is 87.5 Å². The lowest BCUT2D eigenvalue weighted by atomic mass is 9.98. The van der Waals surface area contributed by atoms with Crippen molar-refractivity contribution in [1.82, 2.24) is 0 Å². The summed E-state index contributed by atoms with van der Waals surface area (Å²) in [5, 5.41) is 0. The first-order valence-electron chi connectivity index (χ1n) is 12.1. The minimum Gasteiger partial charge on any atom is -0.489 e. The topological polar surface area (TPSA) is 59.1 Å². The summed E-state index contributed by atoms with van der Waals surface area (Å²) in [5.74, 6) is 0.643. The molecule has 1 heterocycles. The minimum atomic E-state index is -0.382. The average Bonchev–Trinajstić information content (AvgIpc) is 2.88. The summed E-state index contributed by atoms with van der Waals surface area (Å²) < 4.78 is 11.3. The van der Waals surface area contributed by atoms with Crippen LogP contribution in [0.5, 0.6) is 5.75 Å². The van der Waals surface area contributed by atoms with Gasteiger partial charge in [0.15, 0.2) is 0 Å². The number of carbonyl (C=O) groups is 2. The standard InChI is InChI=1S/C29H32N2O4/c1-5-23-18-30(26-16-20(3)21(4)17-27(26)31(23)29(33)34-6-2)28(32)25-15-11-10-12-22(25)19-35-24-13-8-7-9-14-24/h7-17,23H,5-6,18-19H2,1-4H3. The van der Waals surface area contributed by atoms with Gasteiger partial charge >= 0.3 is 6.09 Å². The lowest BCUT2D eigenvalue weighted by molar-refractivity contribution is 0.0979. The van der Waals surface area contributed by atoms with E-state index in [4.69, 9.17) is 9.47 Å². The second-order valence-corrected chi connectivity index (χ2v) is 8.73. The molecule has 0 spiro atoms. The number of fused-ring (bicyclic) bond motifs is 1. The van der Waals surface area contributed by atoms with E-state index >= 15 is 0 Å². The van der Waals surface area contributed by atoms with Gasteiger partial charge in [-0.05, 0) is 68.7 Å². The van der Waals surface area contributed by atoms with Crippen molar-refractivity contribution < 1.29 is 19.1 Å². The molecule has 1 unspecified atom stereocenters. The smallest absolute Gasteiger partial charge is 0.414 e. The van der Waals surface area contributed by atoms with Crippen LogP contribution in [-0.2, 0) is 11.3 Å². The Morgan fingerprint density at radius 2 is 1.57 bits per heavy atom. The van der Waals surface area contributed by atoms with Gasteiger partial charge in [-0.15, -0.1) is 0 Å². The molecular weight excluding hydrogens is 440 g/mol. The van der Waals surface area contributed by atoms with E-state index < -0.39 is 0 Å². The fourth-order valence-electron chi connectivity index (χ4n) is 4.40. The Bertz CT molecular complexity index is 1210. The Kier molecular flexibility index (Phi) is 7.39. The molecule has 1 aliphatic rings. The summed E-state index contributed by atoms with van der Waals surface area (Å²) >= 11 is 0. The van der Waals surface area contributed by atoms with Crippen LogP contribution in [0.4, 0.5) is 16.2 Å². The molecule has 35 heavy (non-hydrogen) atoms. The Hall–Kier alpha value is -3.80. The average molecular weight is 473 g/mol. The van der Waals surface area contributed by atoms with Crippen molar-refractivity contribution in [2.45, 2.75) is 46.8 Å². The molecule has 0 saturated heterocycles. The molecule has 0 N–H and O–H groups in total. The molecule has 182 valence electrons. The first kappa shape index (κ1) is 24.3. The number of rotatable bonds is 6. The predicted octanol–water partition coefficient (Wildman–Crippen LogP) is 6.28. The van der Waals surface area contributed by atoms with Crippen LogP contribution < -0.4 is 14.5 Å². The normalized spacial score (nSPS) is 14.9. The van der Waals surface area contributed by atoms with Crippen molar-refractivity contribution in [2.75, 3.05) is 23.0 Å². The molecule has 0 saturated carbocycles. The molecule has 3 aromatic rings.